The molecule has 0 nitrogen and oxygen atoms in total. The maximum atomic E-state index is 2.48. The van der Waals surface area contributed by atoms with E-state index in [1.165, 1.54) is 25.7 Å². The van der Waals surface area contributed by atoms with Crippen molar-refractivity contribution in [2.75, 3.05) is 0 Å². The highest BCUT2D eigenvalue weighted by Crippen LogP contribution is 2.55. The highest BCUT2D eigenvalue weighted by Gasteiger charge is 2.46. The van der Waals surface area contributed by atoms with Gasteiger partial charge in [0.1, 0.15) is 0 Å². The summed E-state index contributed by atoms with van der Waals surface area (Å²) in [5, 5.41) is 0. The van der Waals surface area contributed by atoms with Crippen LogP contribution in [0.25, 0.3) is 0 Å². The zero-order valence-corrected chi connectivity index (χ0v) is 8.06. The molecule has 0 aliphatic heterocycles. The lowest BCUT2D eigenvalue weighted by molar-refractivity contribution is -0.0319. The van der Waals surface area contributed by atoms with Crippen LogP contribution < -0.4 is 0 Å². The van der Waals surface area contributed by atoms with Crippen LogP contribution in [-0.4, -0.2) is 0 Å². The van der Waals surface area contributed by atoms with Crippen LogP contribution in [0.1, 0.15) is 46.5 Å². The van der Waals surface area contributed by atoms with Crippen LogP contribution in [0.2, 0.25) is 0 Å². The molecule has 3 fully saturated rings. The highest BCUT2D eigenvalue weighted by molar-refractivity contribution is 4.95. The molecule has 0 aromatic carbocycles. The van der Waals surface area contributed by atoms with Crippen LogP contribution in [-0.2, 0) is 0 Å². The third-order valence-corrected chi connectivity index (χ3v) is 4.70. The molecule has 11 heavy (non-hydrogen) atoms. The van der Waals surface area contributed by atoms with Crippen molar-refractivity contribution in [1.82, 2.24) is 0 Å². The lowest BCUT2D eigenvalue weighted by Gasteiger charge is -2.53. The molecule has 3 rings (SSSR count). The Morgan fingerprint density at radius 1 is 1.00 bits per heavy atom. The van der Waals surface area contributed by atoms with Crippen LogP contribution in [0.4, 0.5) is 0 Å². The van der Waals surface area contributed by atoms with Gasteiger partial charge in [-0.15, -0.1) is 0 Å². The molecule has 0 radical (unpaired) electrons. The van der Waals surface area contributed by atoms with Crippen molar-refractivity contribution < 1.29 is 0 Å². The lowest BCUT2D eigenvalue weighted by Crippen LogP contribution is -2.44. The van der Waals surface area contributed by atoms with Crippen molar-refractivity contribution in [2.24, 2.45) is 23.2 Å². The Kier molecular flexibility index (Phi) is 1.56. The Bertz CT molecular complexity index is 145. The van der Waals surface area contributed by atoms with Crippen molar-refractivity contribution in [2.45, 2.75) is 46.5 Å². The van der Waals surface area contributed by atoms with Gasteiger partial charge in [0.15, 0.2) is 0 Å². The van der Waals surface area contributed by atoms with E-state index in [9.17, 15) is 0 Å². The second-order valence-electron chi connectivity index (χ2n) is 5.22. The Morgan fingerprint density at radius 3 is 1.82 bits per heavy atom. The standard InChI is InChI=1S/C11H20/c1-8-9-4-6-10(7-5-9)11(8,2)3/h8-10H,4-7H2,1-3H3. The molecule has 3 saturated carbocycles. The van der Waals surface area contributed by atoms with Gasteiger partial charge in [-0.2, -0.15) is 0 Å². The summed E-state index contributed by atoms with van der Waals surface area (Å²) in [6.07, 6.45) is 6.08. The van der Waals surface area contributed by atoms with E-state index in [0.717, 1.165) is 17.8 Å². The van der Waals surface area contributed by atoms with E-state index >= 15 is 0 Å². The molecule has 0 heteroatoms. The van der Waals surface area contributed by atoms with Gasteiger partial charge >= 0.3 is 0 Å². The molecule has 1 unspecified atom stereocenters. The summed E-state index contributed by atoms with van der Waals surface area (Å²) in [4.78, 5) is 0. The molecule has 3 aliphatic carbocycles. The van der Waals surface area contributed by atoms with E-state index < -0.39 is 0 Å². The topological polar surface area (TPSA) is 0 Å². The van der Waals surface area contributed by atoms with E-state index in [2.05, 4.69) is 20.8 Å². The van der Waals surface area contributed by atoms with E-state index in [1.807, 2.05) is 0 Å². The van der Waals surface area contributed by atoms with Crippen molar-refractivity contribution in [3.8, 4) is 0 Å². The van der Waals surface area contributed by atoms with E-state index in [0.29, 0.717) is 5.41 Å². The maximum Gasteiger partial charge on any atom is -0.0298 e. The van der Waals surface area contributed by atoms with Gasteiger partial charge in [-0.05, 0) is 48.9 Å². The first kappa shape index (κ1) is 7.64. The summed E-state index contributed by atoms with van der Waals surface area (Å²) in [6, 6.07) is 0. The smallest absolute Gasteiger partial charge is 0.0298 e. The fourth-order valence-corrected chi connectivity index (χ4v) is 3.34. The third-order valence-electron chi connectivity index (χ3n) is 4.70. The van der Waals surface area contributed by atoms with Gasteiger partial charge in [0.2, 0.25) is 0 Å². The molecular weight excluding hydrogens is 132 g/mol. The largest absolute Gasteiger partial charge is 0.0617 e. The van der Waals surface area contributed by atoms with Crippen LogP contribution in [0.15, 0.2) is 0 Å². The summed E-state index contributed by atoms with van der Waals surface area (Å²) in [7, 11) is 0. The summed E-state index contributed by atoms with van der Waals surface area (Å²) >= 11 is 0. The average Bonchev–Trinajstić information content (AvgIpc) is 2.01. The average molecular weight is 152 g/mol. The van der Waals surface area contributed by atoms with Crippen LogP contribution >= 0.6 is 0 Å². The van der Waals surface area contributed by atoms with Crippen molar-refractivity contribution in [3.05, 3.63) is 0 Å². The van der Waals surface area contributed by atoms with Gasteiger partial charge in [-0.3, -0.25) is 0 Å². The number of rotatable bonds is 0. The van der Waals surface area contributed by atoms with Gasteiger partial charge in [0, 0.05) is 0 Å². The SMILES string of the molecule is CC1C2CCC(CC2)C1(C)C. The van der Waals surface area contributed by atoms with E-state index in [-0.39, 0.29) is 0 Å². The fourth-order valence-electron chi connectivity index (χ4n) is 3.34. The first-order valence-electron chi connectivity index (χ1n) is 5.12. The monoisotopic (exact) mass is 152 g/mol. The second-order valence-corrected chi connectivity index (χ2v) is 5.22. The van der Waals surface area contributed by atoms with E-state index in [4.69, 9.17) is 0 Å². The predicted molar refractivity (Wildman–Crippen MR) is 48.4 cm³/mol. The van der Waals surface area contributed by atoms with Crippen LogP contribution in [0, 0.1) is 23.2 Å². The number of hydrogen-bond acceptors (Lipinski definition) is 0. The summed E-state index contributed by atoms with van der Waals surface area (Å²) in [6.45, 7) is 7.43. The molecule has 1 atom stereocenters. The number of fused-ring (bicyclic) bond motifs is 3. The molecule has 0 heterocycles. The molecule has 64 valence electrons. The van der Waals surface area contributed by atoms with Gasteiger partial charge in [0.25, 0.3) is 0 Å². The quantitative estimate of drug-likeness (QED) is 0.498. The van der Waals surface area contributed by atoms with Gasteiger partial charge in [0.05, 0.1) is 0 Å². The Hall–Kier alpha value is 0. The summed E-state index contributed by atoms with van der Waals surface area (Å²) in [5.74, 6) is 3.09. The van der Waals surface area contributed by atoms with Crippen LogP contribution in [0.5, 0.6) is 0 Å². The summed E-state index contributed by atoms with van der Waals surface area (Å²) < 4.78 is 0. The Labute approximate surface area is 70.4 Å². The molecule has 0 saturated heterocycles. The zero-order valence-electron chi connectivity index (χ0n) is 8.06. The highest BCUT2D eigenvalue weighted by atomic mass is 14.5. The van der Waals surface area contributed by atoms with Crippen LogP contribution in [0.3, 0.4) is 0 Å². The molecule has 0 spiro atoms. The Morgan fingerprint density at radius 2 is 1.55 bits per heavy atom. The normalized spacial score (nSPS) is 47.7. The minimum atomic E-state index is 0.654. The fraction of sp³-hybridized carbons (Fsp3) is 1.00. The Balaban J connectivity index is 2.23. The molecule has 0 aromatic heterocycles. The van der Waals surface area contributed by atoms with Crippen molar-refractivity contribution >= 4 is 0 Å². The number of hydrogen-bond donors (Lipinski definition) is 0. The first-order valence-corrected chi connectivity index (χ1v) is 5.12. The first-order chi connectivity index (χ1) is 5.12. The summed E-state index contributed by atoms with van der Waals surface area (Å²) in [5.41, 5.74) is 0.654. The van der Waals surface area contributed by atoms with Gasteiger partial charge < -0.3 is 0 Å². The van der Waals surface area contributed by atoms with Gasteiger partial charge in [-0.25, -0.2) is 0 Å². The molecule has 0 N–H and O–H groups in total. The molecule has 0 aromatic rings. The zero-order chi connectivity index (χ0) is 8.06. The lowest BCUT2D eigenvalue weighted by atomic mass is 9.52. The molecule has 3 aliphatic rings. The predicted octanol–water partition coefficient (Wildman–Crippen LogP) is 3.47. The minimum Gasteiger partial charge on any atom is -0.0617 e. The molecule has 0 amide bonds. The van der Waals surface area contributed by atoms with E-state index in [1.54, 1.807) is 0 Å². The van der Waals surface area contributed by atoms with Crippen molar-refractivity contribution in [1.29, 1.82) is 0 Å². The second kappa shape index (κ2) is 2.24. The van der Waals surface area contributed by atoms with Gasteiger partial charge in [-0.1, -0.05) is 20.8 Å². The third kappa shape index (κ3) is 0.947. The molecule has 2 bridgehead atoms. The maximum absolute atomic E-state index is 2.48. The molecular formula is C11H20. The van der Waals surface area contributed by atoms with Crippen molar-refractivity contribution in [3.63, 3.8) is 0 Å². The minimum absolute atomic E-state index is 0.654.